The molecule has 4 nitrogen and oxygen atoms in total. The van der Waals surface area contributed by atoms with Gasteiger partial charge in [-0.05, 0) is 49.4 Å². The van der Waals surface area contributed by atoms with E-state index >= 15 is 0 Å². The Bertz CT molecular complexity index is 459. The second-order valence-corrected chi connectivity index (χ2v) is 6.20. The fraction of sp³-hybridized carbons (Fsp3) is 0.647. The zero-order valence-corrected chi connectivity index (χ0v) is 13.3. The molecule has 0 fully saturated rings. The summed E-state index contributed by atoms with van der Waals surface area (Å²) >= 11 is 0. The quantitative estimate of drug-likeness (QED) is 0.806. The lowest BCUT2D eigenvalue weighted by Crippen LogP contribution is -2.45. The summed E-state index contributed by atoms with van der Waals surface area (Å²) in [5, 5.41) is 13.8. The van der Waals surface area contributed by atoms with Gasteiger partial charge in [-0.2, -0.15) is 0 Å². The van der Waals surface area contributed by atoms with E-state index in [0.29, 0.717) is 25.6 Å². The highest BCUT2D eigenvalue weighted by Crippen LogP contribution is 2.25. The van der Waals surface area contributed by atoms with Crippen LogP contribution in [0.5, 0.6) is 5.75 Å². The van der Waals surface area contributed by atoms with Crippen LogP contribution >= 0.6 is 0 Å². The highest BCUT2D eigenvalue weighted by molar-refractivity contribution is 5.37. The maximum Gasteiger partial charge on any atom is 0.119 e. The molecule has 0 aromatic heterocycles. The first-order chi connectivity index (χ1) is 10.0. The molecule has 1 aliphatic rings. The van der Waals surface area contributed by atoms with Crippen molar-refractivity contribution in [2.24, 2.45) is 0 Å². The van der Waals surface area contributed by atoms with Crippen molar-refractivity contribution in [2.75, 3.05) is 27.4 Å². The average molecular weight is 293 g/mol. The van der Waals surface area contributed by atoms with Crippen LogP contribution in [-0.2, 0) is 17.6 Å². The van der Waals surface area contributed by atoms with Gasteiger partial charge in [0.15, 0.2) is 0 Å². The molecular weight excluding hydrogens is 266 g/mol. The first-order valence-corrected chi connectivity index (χ1v) is 7.64. The van der Waals surface area contributed by atoms with Crippen molar-refractivity contribution in [3.05, 3.63) is 29.3 Å². The lowest BCUT2D eigenvalue weighted by molar-refractivity contribution is 0.0224. The number of hydrogen-bond acceptors (Lipinski definition) is 4. The van der Waals surface area contributed by atoms with Gasteiger partial charge >= 0.3 is 0 Å². The Morgan fingerprint density at radius 3 is 2.86 bits per heavy atom. The van der Waals surface area contributed by atoms with Crippen molar-refractivity contribution in [2.45, 2.75) is 44.2 Å². The van der Waals surface area contributed by atoms with Crippen LogP contribution in [0, 0.1) is 0 Å². The molecule has 2 rings (SSSR count). The zero-order chi connectivity index (χ0) is 15.3. The highest BCUT2D eigenvalue weighted by Gasteiger charge is 2.24. The number of aliphatic hydroxyl groups is 1. The fourth-order valence-corrected chi connectivity index (χ4v) is 2.81. The van der Waals surface area contributed by atoms with Crippen LogP contribution in [-0.4, -0.2) is 44.1 Å². The maximum atomic E-state index is 10.3. The van der Waals surface area contributed by atoms with Gasteiger partial charge in [0.25, 0.3) is 0 Å². The molecule has 1 aromatic carbocycles. The van der Waals surface area contributed by atoms with Crippen LogP contribution < -0.4 is 10.1 Å². The van der Waals surface area contributed by atoms with E-state index in [1.54, 1.807) is 14.2 Å². The predicted octanol–water partition coefficient (Wildman–Crippen LogP) is 1.93. The number of methoxy groups -OCH3 is 2. The average Bonchev–Trinajstić information content (AvgIpc) is 2.50. The van der Waals surface area contributed by atoms with Gasteiger partial charge in [-0.15, -0.1) is 0 Å². The molecule has 1 aliphatic carbocycles. The largest absolute Gasteiger partial charge is 0.497 e. The molecular formula is C17H27NO3. The number of nitrogens with one attached hydrogen (secondary N) is 1. The van der Waals surface area contributed by atoms with Crippen LogP contribution in [0.25, 0.3) is 0 Å². The van der Waals surface area contributed by atoms with Gasteiger partial charge in [0.1, 0.15) is 5.75 Å². The van der Waals surface area contributed by atoms with Crippen molar-refractivity contribution in [3.8, 4) is 5.75 Å². The van der Waals surface area contributed by atoms with Gasteiger partial charge in [-0.3, -0.25) is 0 Å². The monoisotopic (exact) mass is 293 g/mol. The number of fused-ring (bicyclic) bond motifs is 1. The number of aryl methyl sites for hydroxylation is 1. The third kappa shape index (κ3) is 4.70. The second-order valence-electron chi connectivity index (χ2n) is 6.20. The summed E-state index contributed by atoms with van der Waals surface area (Å²) in [7, 11) is 3.36. The summed E-state index contributed by atoms with van der Waals surface area (Å²) in [6, 6.07) is 6.74. The highest BCUT2D eigenvalue weighted by atomic mass is 16.5. The van der Waals surface area contributed by atoms with E-state index in [9.17, 15) is 5.11 Å². The van der Waals surface area contributed by atoms with Crippen molar-refractivity contribution in [3.63, 3.8) is 0 Å². The SMILES string of the molecule is COCCC(C)(O)CNC1CCc2ccc(OC)cc2C1. The first-order valence-electron chi connectivity index (χ1n) is 7.64. The van der Waals surface area contributed by atoms with E-state index in [0.717, 1.165) is 25.0 Å². The molecule has 2 atom stereocenters. The van der Waals surface area contributed by atoms with Crippen molar-refractivity contribution in [1.82, 2.24) is 5.32 Å². The molecule has 21 heavy (non-hydrogen) atoms. The normalized spacial score (nSPS) is 20.7. The molecule has 1 aromatic rings. The number of benzene rings is 1. The van der Waals surface area contributed by atoms with Crippen LogP contribution in [0.15, 0.2) is 18.2 Å². The van der Waals surface area contributed by atoms with Crippen molar-refractivity contribution < 1.29 is 14.6 Å². The van der Waals surface area contributed by atoms with Gasteiger partial charge in [-0.1, -0.05) is 6.07 Å². The molecule has 0 aliphatic heterocycles. The molecule has 0 saturated heterocycles. The van der Waals surface area contributed by atoms with Crippen LogP contribution in [0.4, 0.5) is 0 Å². The van der Waals surface area contributed by atoms with E-state index in [1.807, 2.05) is 13.0 Å². The van der Waals surface area contributed by atoms with Crippen LogP contribution in [0.1, 0.15) is 30.9 Å². The number of hydrogen-bond donors (Lipinski definition) is 2. The van der Waals surface area contributed by atoms with E-state index in [4.69, 9.17) is 9.47 Å². The Balaban J connectivity index is 1.89. The fourth-order valence-electron chi connectivity index (χ4n) is 2.81. The minimum atomic E-state index is -0.718. The smallest absolute Gasteiger partial charge is 0.119 e. The Morgan fingerprint density at radius 1 is 1.33 bits per heavy atom. The molecule has 118 valence electrons. The first kappa shape index (κ1) is 16.3. The van der Waals surface area contributed by atoms with E-state index in [1.165, 1.54) is 11.1 Å². The van der Waals surface area contributed by atoms with Crippen molar-refractivity contribution >= 4 is 0 Å². The van der Waals surface area contributed by atoms with Gasteiger partial charge in [0, 0.05) is 32.7 Å². The summed E-state index contributed by atoms with van der Waals surface area (Å²) in [6.45, 7) is 3.04. The number of ether oxygens (including phenoxy) is 2. The topological polar surface area (TPSA) is 50.7 Å². The Labute approximate surface area is 127 Å². The molecule has 0 spiro atoms. The standard InChI is InChI=1S/C17H27NO3/c1-17(19,8-9-20-2)12-18-15-6-4-13-5-7-16(21-3)11-14(13)10-15/h5,7,11,15,18-19H,4,6,8-10,12H2,1-3H3. The van der Waals surface area contributed by atoms with Gasteiger partial charge in [0.05, 0.1) is 12.7 Å². The van der Waals surface area contributed by atoms with Gasteiger partial charge in [0.2, 0.25) is 0 Å². The molecule has 0 heterocycles. The Hall–Kier alpha value is -1.10. The summed E-state index contributed by atoms with van der Waals surface area (Å²) in [6.07, 6.45) is 3.83. The van der Waals surface area contributed by atoms with Crippen LogP contribution in [0.2, 0.25) is 0 Å². The summed E-state index contributed by atoms with van der Waals surface area (Å²) in [5.41, 5.74) is 2.06. The molecule has 2 unspecified atom stereocenters. The molecule has 0 radical (unpaired) electrons. The Kier molecular flexibility index (Phi) is 5.62. The lowest BCUT2D eigenvalue weighted by atomic mass is 9.87. The molecule has 4 heteroatoms. The van der Waals surface area contributed by atoms with Crippen LogP contribution in [0.3, 0.4) is 0 Å². The molecule has 0 saturated carbocycles. The second kappa shape index (κ2) is 7.25. The molecule has 2 N–H and O–H groups in total. The molecule has 0 bridgehead atoms. The lowest BCUT2D eigenvalue weighted by Gasteiger charge is -2.30. The summed E-state index contributed by atoms with van der Waals surface area (Å²) in [4.78, 5) is 0. The van der Waals surface area contributed by atoms with E-state index in [-0.39, 0.29) is 0 Å². The third-order valence-electron chi connectivity index (χ3n) is 4.26. The Morgan fingerprint density at radius 2 is 2.14 bits per heavy atom. The summed E-state index contributed by atoms with van der Waals surface area (Å²) < 4.78 is 10.3. The van der Waals surface area contributed by atoms with Crippen molar-refractivity contribution in [1.29, 1.82) is 0 Å². The zero-order valence-electron chi connectivity index (χ0n) is 13.3. The predicted molar refractivity (Wildman–Crippen MR) is 83.9 cm³/mol. The number of rotatable bonds is 7. The van der Waals surface area contributed by atoms with E-state index in [2.05, 4.69) is 17.4 Å². The molecule has 0 amide bonds. The minimum absolute atomic E-state index is 0.415. The van der Waals surface area contributed by atoms with Gasteiger partial charge in [-0.25, -0.2) is 0 Å². The maximum absolute atomic E-state index is 10.3. The third-order valence-corrected chi connectivity index (χ3v) is 4.26. The summed E-state index contributed by atoms with van der Waals surface area (Å²) in [5.74, 6) is 0.918. The minimum Gasteiger partial charge on any atom is -0.497 e. The van der Waals surface area contributed by atoms with Gasteiger partial charge < -0.3 is 19.9 Å². The van der Waals surface area contributed by atoms with E-state index < -0.39 is 5.60 Å².